The van der Waals surface area contributed by atoms with Crippen LogP contribution in [0, 0.1) is 5.92 Å². The van der Waals surface area contributed by atoms with Crippen LogP contribution in [0.25, 0.3) is 0 Å². The molecule has 13 heteroatoms. The summed E-state index contributed by atoms with van der Waals surface area (Å²) in [6.45, 7) is 1.11. The highest BCUT2D eigenvalue weighted by Gasteiger charge is 2.53. The zero-order valence-corrected chi connectivity index (χ0v) is 17.4. The quantitative estimate of drug-likeness (QED) is 0.678. The molecule has 4 rings (SSSR count). The molecule has 0 radical (unpaired) electrons. The highest BCUT2D eigenvalue weighted by molar-refractivity contribution is 5.83. The Morgan fingerprint density at radius 2 is 1.85 bits per heavy atom. The molecular formula is C20H20F5N7O. The lowest BCUT2D eigenvalue weighted by Gasteiger charge is -2.37. The number of anilines is 1. The number of aromatic nitrogens is 5. The van der Waals surface area contributed by atoms with Gasteiger partial charge in [0.2, 0.25) is 11.9 Å². The Morgan fingerprint density at radius 1 is 1.18 bits per heavy atom. The summed E-state index contributed by atoms with van der Waals surface area (Å²) < 4.78 is 67.4. The molecule has 0 aromatic carbocycles. The molecule has 3 unspecified atom stereocenters. The van der Waals surface area contributed by atoms with Crippen LogP contribution in [0.1, 0.15) is 18.9 Å². The molecule has 0 saturated carbocycles. The van der Waals surface area contributed by atoms with Crippen molar-refractivity contribution in [1.82, 2.24) is 29.9 Å². The maximum atomic E-state index is 14.7. The van der Waals surface area contributed by atoms with Crippen LogP contribution in [0.5, 0.6) is 0 Å². The van der Waals surface area contributed by atoms with Crippen molar-refractivity contribution in [3.8, 4) is 0 Å². The number of nitrogens with zero attached hydrogens (tertiary/aromatic N) is 6. The minimum absolute atomic E-state index is 0.178. The molecule has 8 nitrogen and oxygen atoms in total. The summed E-state index contributed by atoms with van der Waals surface area (Å²) in [4.78, 5) is 23.0. The predicted molar refractivity (Wildman–Crippen MR) is 106 cm³/mol. The van der Waals surface area contributed by atoms with Crippen LogP contribution in [-0.4, -0.2) is 60.8 Å². The summed E-state index contributed by atoms with van der Waals surface area (Å²) in [5, 5.41) is 10.8. The number of halogens is 5. The summed E-state index contributed by atoms with van der Waals surface area (Å²) in [5.74, 6) is -4.83. The lowest BCUT2D eigenvalue weighted by Crippen LogP contribution is -2.53. The number of hydrogen-bond donors (Lipinski definition) is 1. The van der Waals surface area contributed by atoms with Crippen molar-refractivity contribution in [3.05, 3.63) is 54.7 Å². The molecule has 3 atom stereocenters. The monoisotopic (exact) mass is 469 g/mol. The van der Waals surface area contributed by atoms with Crippen LogP contribution in [-0.2, 0) is 16.5 Å². The highest BCUT2D eigenvalue weighted by atomic mass is 19.4. The second kappa shape index (κ2) is 8.19. The van der Waals surface area contributed by atoms with E-state index < -0.39 is 54.0 Å². The second-order valence-corrected chi connectivity index (χ2v) is 8.00. The third-order valence-corrected chi connectivity index (χ3v) is 5.86. The molecule has 176 valence electrons. The van der Waals surface area contributed by atoms with E-state index in [0.717, 1.165) is 4.90 Å². The van der Waals surface area contributed by atoms with Crippen LogP contribution in [0.15, 0.2) is 49.1 Å². The van der Waals surface area contributed by atoms with Crippen LogP contribution >= 0.6 is 0 Å². The number of carbonyl (C=O) groups is 1. The first kappa shape index (κ1) is 22.8. The molecule has 2 aliphatic rings. The van der Waals surface area contributed by atoms with E-state index in [1.165, 1.54) is 17.2 Å². The molecule has 1 aliphatic carbocycles. The minimum Gasteiger partial charge on any atom is -0.352 e. The number of allylic oxidation sites excluding steroid dienone is 3. The average Bonchev–Trinajstić information content (AvgIpc) is 3.40. The zero-order valence-electron chi connectivity index (χ0n) is 17.4. The van der Waals surface area contributed by atoms with E-state index in [1.54, 1.807) is 31.2 Å². The van der Waals surface area contributed by atoms with Crippen molar-refractivity contribution in [1.29, 1.82) is 0 Å². The molecule has 1 saturated heterocycles. The Hall–Kier alpha value is -3.38. The van der Waals surface area contributed by atoms with Gasteiger partial charge in [-0.15, -0.1) is 0 Å². The lowest BCUT2D eigenvalue weighted by molar-refractivity contribution is -0.141. The molecule has 1 N–H and O–H groups in total. The van der Waals surface area contributed by atoms with E-state index in [0.29, 0.717) is 12.4 Å². The smallest absolute Gasteiger partial charge is 0.352 e. The summed E-state index contributed by atoms with van der Waals surface area (Å²) in [6.07, 6.45) is 5.62. The number of nitrogens with one attached hydrogen (secondary N) is 1. The molecule has 1 amide bonds. The third kappa shape index (κ3) is 4.31. The highest BCUT2D eigenvalue weighted by Crippen LogP contribution is 2.39. The van der Waals surface area contributed by atoms with Crippen molar-refractivity contribution in [2.75, 3.05) is 18.4 Å². The van der Waals surface area contributed by atoms with Gasteiger partial charge in [-0.2, -0.15) is 28.2 Å². The van der Waals surface area contributed by atoms with Gasteiger partial charge in [0.1, 0.15) is 11.6 Å². The van der Waals surface area contributed by atoms with E-state index in [9.17, 15) is 26.7 Å². The number of hydrogen-bond acceptors (Lipinski definition) is 6. The van der Waals surface area contributed by atoms with E-state index in [-0.39, 0.29) is 12.5 Å². The predicted octanol–water partition coefficient (Wildman–Crippen LogP) is 2.89. The topological polar surface area (TPSA) is 88.8 Å². The standard InChI is InChI=1S/C20H20F5N7O/c1-18(32-29-7-8-30-32)5-3-2-4-14(18)16(33)31-9-6-19(21,22)15(31)12-28-17-26-10-13(11-27-17)20(23,24)25/h2-5,7-8,10-11,14-15H,6,9,12H2,1H3,(H,26,27,28). The van der Waals surface area contributed by atoms with E-state index in [4.69, 9.17) is 0 Å². The third-order valence-electron chi connectivity index (χ3n) is 5.86. The Kier molecular flexibility index (Phi) is 5.66. The Bertz CT molecular complexity index is 1050. The first-order valence-electron chi connectivity index (χ1n) is 10.1. The van der Waals surface area contributed by atoms with Crippen LogP contribution in [0.4, 0.5) is 27.9 Å². The van der Waals surface area contributed by atoms with Gasteiger partial charge < -0.3 is 10.2 Å². The van der Waals surface area contributed by atoms with Crippen molar-refractivity contribution >= 4 is 11.9 Å². The maximum Gasteiger partial charge on any atom is 0.419 e. The van der Waals surface area contributed by atoms with Gasteiger partial charge in [0, 0.05) is 31.9 Å². The normalized spacial score (nSPS) is 26.5. The Labute approximate surface area is 185 Å². The van der Waals surface area contributed by atoms with Gasteiger partial charge in [-0.1, -0.05) is 24.3 Å². The van der Waals surface area contributed by atoms with Crippen molar-refractivity contribution in [2.24, 2.45) is 5.92 Å². The van der Waals surface area contributed by atoms with Gasteiger partial charge >= 0.3 is 6.18 Å². The maximum absolute atomic E-state index is 14.7. The molecule has 1 aliphatic heterocycles. The number of amides is 1. The van der Waals surface area contributed by atoms with Gasteiger partial charge in [-0.05, 0) is 6.92 Å². The number of carbonyl (C=O) groups excluding carboxylic acids is 1. The largest absolute Gasteiger partial charge is 0.419 e. The number of rotatable bonds is 5. The first-order valence-corrected chi connectivity index (χ1v) is 10.1. The molecule has 0 bridgehead atoms. The molecule has 2 aromatic rings. The van der Waals surface area contributed by atoms with E-state index in [2.05, 4.69) is 25.5 Å². The molecule has 0 spiro atoms. The summed E-state index contributed by atoms with van der Waals surface area (Å²) in [7, 11) is 0. The Morgan fingerprint density at radius 3 is 2.48 bits per heavy atom. The van der Waals surface area contributed by atoms with E-state index >= 15 is 0 Å². The van der Waals surface area contributed by atoms with Crippen molar-refractivity contribution in [3.63, 3.8) is 0 Å². The molecule has 3 heterocycles. The fourth-order valence-corrected chi connectivity index (χ4v) is 3.99. The second-order valence-electron chi connectivity index (χ2n) is 8.00. The van der Waals surface area contributed by atoms with Gasteiger partial charge in [0.05, 0.1) is 23.9 Å². The lowest BCUT2D eigenvalue weighted by atomic mass is 9.81. The zero-order chi connectivity index (χ0) is 23.9. The first-order chi connectivity index (χ1) is 15.5. The summed E-state index contributed by atoms with van der Waals surface area (Å²) >= 11 is 0. The molecule has 33 heavy (non-hydrogen) atoms. The minimum atomic E-state index is -4.61. The summed E-state index contributed by atoms with van der Waals surface area (Å²) in [6, 6.07) is -1.54. The number of alkyl halides is 5. The molecular weight excluding hydrogens is 449 g/mol. The van der Waals surface area contributed by atoms with Crippen LogP contribution < -0.4 is 5.32 Å². The van der Waals surface area contributed by atoms with E-state index in [1.807, 2.05) is 0 Å². The SMILES string of the molecule is CC1(n2nccn2)C=CC=CC1C(=O)N1CCC(F)(F)C1CNc1ncc(C(F)(F)F)cn1. The van der Waals surface area contributed by atoms with Crippen LogP contribution in [0.3, 0.4) is 0 Å². The number of likely N-dealkylation sites (tertiary alicyclic amines) is 1. The van der Waals surface area contributed by atoms with Gasteiger partial charge in [-0.3, -0.25) is 4.79 Å². The molecule has 1 fully saturated rings. The molecule has 2 aromatic heterocycles. The van der Waals surface area contributed by atoms with Gasteiger partial charge in [0.15, 0.2) is 0 Å². The fourth-order valence-electron chi connectivity index (χ4n) is 3.99. The fraction of sp³-hybridized carbons (Fsp3) is 0.450. The van der Waals surface area contributed by atoms with Crippen LogP contribution in [0.2, 0.25) is 0 Å². The van der Waals surface area contributed by atoms with Gasteiger partial charge in [-0.25, -0.2) is 18.7 Å². The summed E-state index contributed by atoms with van der Waals surface area (Å²) in [5.41, 5.74) is -2.05. The van der Waals surface area contributed by atoms with Crippen molar-refractivity contribution in [2.45, 2.75) is 37.0 Å². The van der Waals surface area contributed by atoms with Crippen molar-refractivity contribution < 1.29 is 26.7 Å². The Balaban J connectivity index is 1.52. The average molecular weight is 469 g/mol. The van der Waals surface area contributed by atoms with Gasteiger partial charge in [0.25, 0.3) is 5.92 Å².